The quantitative estimate of drug-likeness (QED) is 0.762. The van der Waals surface area contributed by atoms with Crippen LogP contribution in [0, 0.1) is 0 Å². The molecule has 0 aliphatic rings. The Balaban J connectivity index is 2.82. The summed E-state index contributed by atoms with van der Waals surface area (Å²) in [5.74, 6) is 1.18. The zero-order chi connectivity index (χ0) is 15.0. The van der Waals surface area contributed by atoms with Crippen molar-refractivity contribution in [2.75, 3.05) is 13.2 Å². The normalized spacial score (nSPS) is 11.8. The van der Waals surface area contributed by atoms with Crippen LogP contribution in [0.15, 0.2) is 18.2 Å². The molecule has 0 aromatic heterocycles. The molecule has 0 aliphatic heterocycles. The predicted octanol–water partition coefficient (Wildman–Crippen LogP) is 1.84. The van der Waals surface area contributed by atoms with Crippen LogP contribution in [0.4, 0.5) is 0 Å². The molecule has 0 aliphatic carbocycles. The zero-order valence-corrected chi connectivity index (χ0v) is 12.4. The highest BCUT2D eigenvalue weighted by molar-refractivity contribution is 5.80. The Bertz CT molecular complexity index is 435. The number of carbonyl (C=O) groups is 1. The molecule has 1 aromatic carbocycles. The molecular weight excluding hydrogens is 256 g/mol. The summed E-state index contributed by atoms with van der Waals surface area (Å²) >= 11 is 0. The molecule has 0 saturated heterocycles. The van der Waals surface area contributed by atoms with Gasteiger partial charge in [0.15, 0.2) is 6.10 Å². The van der Waals surface area contributed by atoms with Crippen LogP contribution in [0.25, 0.3) is 0 Å². The molecule has 20 heavy (non-hydrogen) atoms. The van der Waals surface area contributed by atoms with Crippen LogP contribution in [0.1, 0.15) is 32.8 Å². The molecule has 5 nitrogen and oxygen atoms in total. The summed E-state index contributed by atoms with van der Waals surface area (Å²) in [6, 6.07) is 5.51. The molecule has 5 heteroatoms. The van der Waals surface area contributed by atoms with Gasteiger partial charge >= 0.3 is 0 Å². The van der Waals surface area contributed by atoms with E-state index in [1.165, 1.54) is 0 Å². The molecule has 0 saturated carbocycles. The average Bonchev–Trinajstić information content (AvgIpc) is 2.45. The van der Waals surface area contributed by atoms with E-state index in [1.807, 2.05) is 26.0 Å². The Labute approximate surface area is 120 Å². The number of nitrogens with one attached hydrogen (secondary N) is 1. The Morgan fingerprint density at radius 3 is 2.75 bits per heavy atom. The molecule has 1 amide bonds. The maximum absolute atomic E-state index is 11.7. The zero-order valence-electron chi connectivity index (χ0n) is 12.4. The van der Waals surface area contributed by atoms with Gasteiger partial charge in [-0.05, 0) is 26.3 Å². The van der Waals surface area contributed by atoms with E-state index < -0.39 is 6.10 Å². The average molecular weight is 280 g/mol. The number of rotatable bonds is 8. The van der Waals surface area contributed by atoms with Crippen LogP contribution in [0.2, 0.25) is 0 Å². The third kappa shape index (κ3) is 4.74. The molecule has 112 valence electrons. The Morgan fingerprint density at radius 2 is 2.15 bits per heavy atom. The Hall–Kier alpha value is -1.75. The van der Waals surface area contributed by atoms with Crippen molar-refractivity contribution in [2.45, 2.75) is 39.8 Å². The largest absolute Gasteiger partial charge is 0.493 e. The Kier molecular flexibility index (Phi) is 6.87. The topological polar surface area (TPSA) is 73.6 Å². The molecule has 1 aromatic rings. The summed E-state index contributed by atoms with van der Waals surface area (Å²) in [4.78, 5) is 11.7. The van der Waals surface area contributed by atoms with Crippen molar-refractivity contribution in [3.63, 3.8) is 0 Å². The van der Waals surface area contributed by atoms with Gasteiger partial charge in [-0.25, -0.2) is 0 Å². The van der Waals surface area contributed by atoms with Crippen LogP contribution in [0.3, 0.4) is 0 Å². The summed E-state index contributed by atoms with van der Waals surface area (Å²) in [5.41, 5.74) is 6.54. The van der Waals surface area contributed by atoms with Gasteiger partial charge in [0, 0.05) is 24.7 Å². The van der Waals surface area contributed by atoms with Crippen molar-refractivity contribution in [2.24, 2.45) is 5.73 Å². The van der Waals surface area contributed by atoms with Gasteiger partial charge in [0.1, 0.15) is 11.5 Å². The SMILES string of the molecule is CCCOc1ccc(CN)c(OC(C)C(=O)NCC)c1. The van der Waals surface area contributed by atoms with Crippen molar-refractivity contribution in [1.29, 1.82) is 0 Å². The lowest BCUT2D eigenvalue weighted by Gasteiger charge is -2.17. The van der Waals surface area contributed by atoms with Gasteiger partial charge in [0.25, 0.3) is 5.91 Å². The minimum atomic E-state index is -0.568. The van der Waals surface area contributed by atoms with Gasteiger partial charge in [-0.15, -0.1) is 0 Å². The van der Waals surface area contributed by atoms with Crippen LogP contribution in [-0.2, 0) is 11.3 Å². The molecule has 1 rings (SSSR count). The molecule has 0 spiro atoms. The maximum atomic E-state index is 11.7. The summed E-state index contributed by atoms with van der Waals surface area (Å²) < 4.78 is 11.3. The lowest BCUT2D eigenvalue weighted by Crippen LogP contribution is -2.36. The fraction of sp³-hybridized carbons (Fsp3) is 0.533. The van der Waals surface area contributed by atoms with Crippen LogP contribution in [0.5, 0.6) is 11.5 Å². The van der Waals surface area contributed by atoms with E-state index in [0.717, 1.165) is 17.7 Å². The van der Waals surface area contributed by atoms with E-state index in [4.69, 9.17) is 15.2 Å². The van der Waals surface area contributed by atoms with E-state index in [1.54, 1.807) is 13.0 Å². The lowest BCUT2D eigenvalue weighted by molar-refractivity contribution is -0.127. The molecule has 0 radical (unpaired) electrons. The van der Waals surface area contributed by atoms with E-state index in [9.17, 15) is 4.79 Å². The number of carbonyl (C=O) groups excluding carboxylic acids is 1. The minimum Gasteiger partial charge on any atom is -0.493 e. The van der Waals surface area contributed by atoms with Gasteiger partial charge < -0.3 is 20.5 Å². The second-order valence-corrected chi connectivity index (χ2v) is 4.48. The maximum Gasteiger partial charge on any atom is 0.260 e. The molecule has 3 N–H and O–H groups in total. The van der Waals surface area contributed by atoms with Gasteiger partial charge in [-0.2, -0.15) is 0 Å². The summed E-state index contributed by atoms with van der Waals surface area (Å²) in [6.45, 7) is 7.21. The standard InChI is InChI=1S/C15H24N2O3/c1-4-8-19-13-7-6-12(10-16)14(9-13)20-11(3)15(18)17-5-2/h6-7,9,11H,4-5,8,10,16H2,1-3H3,(H,17,18). The number of hydrogen-bond acceptors (Lipinski definition) is 4. The number of likely N-dealkylation sites (N-methyl/N-ethyl adjacent to an activating group) is 1. The first kappa shape index (κ1) is 16.3. The monoisotopic (exact) mass is 280 g/mol. The molecular formula is C15H24N2O3. The number of amides is 1. The predicted molar refractivity (Wildman–Crippen MR) is 78.9 cm³/mol. The van der Waals surface area contributed by atoms with E-state index in [0.29, 0.717) is 25.4 Å². The highest BCUT2D eigenvalue weighted by Gasteiger charge is 2.15. The molecule has 0 bridgehead atoms. The second-order valence-electron chi connectivity index (χ2n) is 4.48. The molecule has 0 heterocycles. The summed E-state index contributed by atoms with van der Waals surface area (Å²) in [7, 11) is 0. The van der Waals surface area contributed by atoms with Crippen molar-refractivity contribution < 1.29 is 14.3 Å². The first-order valence-electron chi connectivity index (χ1n) is 7.02. The fourth-order valence-corrected chi connectivity index (χ4v) is 1.68. The van der Waals surface area contributed by atoms with Gasteiger partial charge in [-0.1, -0.05) is 13.0 Å². The van der Waals surface area contributed by atoms with Crippen molar-refractivity contribution in [1.82, 2.24) is 5.32 Å². The third-order valence-corrected chi connectivity index (χ3v) is 2.76. The van der Waals surface area contributed by atoms with Crippen LogP contribution < -0.4 is 20.5 Å². The highest BCUT2D eigenvalue weighted by Crippen LogP contribution is 2.26. The van der Waals surface area contributed by atoms with Crippen molar-refractivity contribution in [3.8, 4) is 11.5 Å². The molecule has 0 fully saturated rings. The van der Waals surface area contributed by atoms with E-state index in [2.05, 4.69) is 5.32 Å². The van der Waals surface area contributed by atoms with Gasteiger partial charge in [-0.3, -0.25) is 4.79 Å². The number of benzene rings is 1. The first-order valence-corrected chi connectivity index (χ1v) is 7.02. The van der Waals surface area contributed by atoms with Crippen molar-refractivity contribution in [3.05, 3.63) is 23.8 Å². The first-order chi connectivity index (χ1) is 9.62. The van der Waals surface area contributed by atoms with Gasteiger partial charge in [0.2, 0.25) is 0 Å². The molecule has 1 unspecified atom stereocenters. The lowest BCUT2D eigenvalue weighted by atomic mass is 10.2. The van der Waals surface area contributed by atoms with E-state index >= 15 is 0 Å². The second kappa shape index (κ2) is 8.43. The van der Waals surface area contributed by atoms with E-state index in [-0.39, 0.29) is 5.91 Å². The minimum absolute atomic E-state index is 0.143. The van der Waals surface area contributed by atoms with Gasteiger partial charge in [0.05, 0.1) is 6.61 Å². The highest BCUT2D eigenvalue weighted by atomic mass is 16.5. The smallest absolute Gasteiger partial charge is 0.260 e. The number of nitrogens with two attached hydrogens (primary N) is 1. The number of hydrogen-bond donors (Lipinski definition) is 2. The van der Waals surface area contributed by atoms with Crippen molar-refractivity contribution >= 4 is 5.91 Å². The Morgan fingerprint density at radius 1 is 1.40 bits per heavy atom. The molecule has 1 atom stereocenters. The summed E-state index contributed by atoms with van der Waals surface area (Å²) in [5, 5.41) is 2.73. The third-order valence-electron chi connectivity index (χ3n) is 2.76. The van der Waals surface area contributed by atoms with Crippen LogP contribution >= 0.6 is 0 Å². The number of ether oxygens (including phenoxy) is 2. The van der Waals surface area contributed by atoms with Crippen LogP contribution in [-0.4, -0.2) is 25.2 Å². The summed E-state index contributed by atoms with van der Waals surface area (Å²) in [6.07, 6.45) is 0.367. The fourth-order valence-electron chi connectivity index (χ4n) is 1.68.